The van der Waals surface area contributed by atoms with Crippen LogP contribution in [-0.4, -0.2) is 76.7 Å². The lowest BCUT2D eigenvalue weighted by atomic mass is 9.95. The van der Waals surface area contributed by atoms with Gasteiger partial charge < -0.3 is 15.5 Å². The standard InChI is InChI=1S/C35H34Cl2FN7O/c36-23-7-9-26-29(18-23)33(28-5-1-2-6-31(28)38)40-20-22-21-41-35(43-32(22)26)42-25-8-10-27(30(37)19-25)34(46)45-16-14-44(15-17-45)13-11-24-4-3-12-39-24/h1-2,5-10,18-19,21,24,39H,3-4,11-17,20H2,(H,41,42,43). The molecule has 11 heteroatoms. The number of anilines is 2. The number of fused-ring (bicyclic) bond motifs is 3. The smallest absolute Gasteiger partial charge is 0.255 e. The second kappa shape index (κ2) is 13.5. The van der Waals surface area contributed by atoms with Gasteiger partial charge in [-0.15, -0.1) is 0 Å². The van der Waals surface area contributed by atoms with Crippen molar-refractivity contribution in [3.05, 3.63) is 105 Å². The quantitative estimate of drug-likeness (QED) is 0.233. The van der Waals surface area contributed by atoms with Gasteiger partial charge in [0.2, 0.25) is 5.95 Å². The first kappa shape index (κ1) is 30.7. The number of halogens is 3. The topological polar surface area (TPSA) is 85.8 Å². The SMILES string of the molecule is O=C(c1ccc(Nc2ncc3c(n2)-c2ccc(Cl)cc2C(c2ccccc2F)=NC3)cc1Cl)N1CCN(CCC2CCCN2)CC1. The molecule has 3 aromatic carbocycles. The second-order valence-electron chi connectivity index (χ2n) is 11.9. The molecule has 1 amide bonds. The van der Waals surface area contributed by atoms with Crippen molar-refractivity contribution < 1.29 is 9.18 Å². The molecule has 0 saturated carbocycles. The zero-order valence-electron chi connectivity index (χ0n) is 25.3. The number of aliphatic imine (C=N–C) groups is 1. The fourth-order valence-electron chi connectivity index (χ4n) is 6.45. The molecule has 0 bridgehead atoms. The molecule has 4 heterocycles. The van der Waals surface area contributed by atoms with Crippen molar-refractivity contribution in [3.63, 3.8) is 0 Å². The molecule has 2 saturated heterocycles. The summed E-state index contributed by atoms with van der Waals surface area (Å²) < 4.78 is 14.9. The highest BCUT2D eigenvalue weighted by atomic mass is 35.5. The number of aromatic nitrogens is 2. The molecule has 1 atom stereocenters. The normalized spacial score (nSPS) is 18.0. The Hall–Kier alpha value is -3.89. The van der Waals surface area contributed by atoms with Crippen LogP contribution in [0.4, 0.5) is 16.0 Å². The minimum absolute atomic E-state index is 0.0594. The van der Waals surface area contributed by atoms with E-state index in [0.29, 0.717) is 68.9 Å². The first-order chi connectivity index (χ1) is 22.4. The van der Waals surface area contributed by atoms with Gasteiger partial charge in [0, 0.05) is 71.4 Å². The molecule has 2 N–H and O–H groups in total. The molecule has 8 nitrogen and oxygen atoms in total. The van der Waals surface area contributed by atoms with Gasteiger partial charge in [0.25, 0.3) is 5.91 Å². The predicted octanol–water partition coefficient (Wildman–Crippen LogP) is 6.58. The fourth-order valence-corrected chi connectivity index (χ4v) is 6.88. The molecule has 0 radical (unpaired) electrons. The van der Waals surface area contributed by atoms with Crippen LogP contribution in [0.25, 0.3) is 11.3 Å². The van der Waals surface area contributed by atoms with Gasteiger partial charge in [-0.1, -0.05) is 41.4 Å². The van der Waals surface area contributed by atoms with E-state index in [1.54, 1.807) is 48.7 Å². The van der Waals surface area contributed by atoms with Crippen LogP contribution in [0.3, 0.4) is 0 Å². The van der Waals surface area contributed by atoms with E-state index in [2.05, 4.69) is 20.5 Å². The maximum atomic E-state index is 14.9. The lowest BCUT2D eigenvalue weighted by Gasteiger charge is -2.35. The van der Waals surface area contributed by atoms with Gasteiger partial charge in [0.1, 0.15) is 5.82 Å². The number of rotatable bonds is 7. The van der Waals surface area contributed by atoms with E-state index in [-0.39, 0.29) is 18.3 Å². The lowest BCUT2D eigenvalue weighted by Crippen LogP contribution is -2.49. The summed E-state index contributed by atoms with van der Waals surface area (Å²) in [6.07, 6.45) is 5.41. The number of piperazine rings is 1. The minimum Gasteiger partial charge on any atom is -0.336 e. The fraction of sp³-hybridized carbons (Fsp3) is 0.314. The Kier molecular flexibility index (Phi) is 8.99. The van der Waals surface area contributed by atoms with Crippen LogP contribution in [0.5, 0.6) is 0 Å². The van der Waals surface area contributed by atoms with Gasteiger partial charge >= 0.3 is 0 Å². The van der Waals surface area contributed by atoms with Crippen molar-refractivity contribution in [3.8, 4) is 11.3 Å². The first-order valence-corrected chi connectivity index (χ1v) is 16.5. The van der Waals surface area contributed by atoms with E-state index >= 15 is 0 Å². The summed E-state index contributed by atoms with van der Waals surface area (Å²) in [5, 5.41) is 7.67. The molecule has 3 aliphatic rings. The molecule has 7 rings (SSSR count). The van der Waals surface area contributed by atoms with Crippen LogP contribution in [-0.2, 0) is 6.54 Å². The first-order valence-electron chi connectivity index (χ1n) is 15.7. The molecule has 1 unspecified atom stereocenters. The Labute approximate surface area is 277 Å². The van der Waals surface area contributed by atoms with E-state index in [0.717, 1.165) is 43.7 Å². The largest absolute Gasteiger partial charge is 0.336 e. The monoisotopic (exact) mass is 657 g/mol. The van der Waals surface area contributed by atoms with Gasteiger partial charge in [0.05, 0.1) is 28.5 Å². The number of hydrogen-bond acceptors (Lipinski definition) is 7. The number of nitrogens with zero attached hydrogens (tertiary/aromatic N) is 5. The Morgan fingerprint density at radius 2 is 1.85 bits per heavy atom. The van der Waals surface area contributed by atoms with Crippen molar-refractivity contribution in [2.45, 2.75) is 31.8 Å². The third-order valence-electron chi connectivity index (χ3n) is 8.96. The van der Waals surface area contributed by atoms with Crippen molar-refractivity contribution in [2.24, 2.45) is 4.99 Å². The van der Waals surface area contributed by atoms with Crippen LogP contribution in [0, 0.1) is 5.82 Å². The number of nitrogens with one attached hydrogen (secondary N) is 2. The van der Waals surface area contributed by atoms with Gasteiger partial charge in [-0.25, -0.2) is 14.4 Å². The highest BCUT2D eigenvalue weighted by Gasteiger charge is 2.26. The highest BCUT2D eigenvalue weighted by molar-refractivity contribution is 6.34. The summed E-state index contributed by atoms with van der Waals surface area (Å²) in [6.45, 7) is 5.57. The van der Waals surface area contributed by atoms with Gasteiger partial charge in [-0.2, -0.15) is 0 Å². The predicted molar refractivity (Wildman–Crippen MR) is 181 cm³/mol. The van der Waals surface area contributed by atoms with E-state index in [1.807, 2.05) is 17.0 Å². The third-order valence-corrected chi connectivity index (χ3v) is 9.51. The van der Waals surface area contributed by atoms with Gasteiger partial charge in [0.15, 0.2) is 0 Å². The summed E-state index contributed by atoms with van der Waals surface area (Å²) in [5.74, 6) is -0.0658. The van der Waals surface area contributed by atoms with Crippen LogP contribution < -0.4 is 10.6 Å². The molecule has 3 aliphatic heterocycles. The number of carbonyl (C=O) groups is 1. The van der Waals surface area contributed by atoms with Crippen molar-refractivity contribution >= 4 is 46.5 Å². The summed E-state index contributed by atoms with van der Waals surface area (Å²) in [6, 6.07) is 17.9. The number of benzene rings is 3. The van der Waals surface area contributed by atoms with Crippen LogP contribution in [0.2, 0.25) is 10.0 Å². The molecular formula is C35H34Cl2FN7O. The summed E-state index contributed by atoms with van der Waals surface area (Å²) in [7, 11) is 0. The van der Waals surface area contributed by atoms with Crippen LogP contribution in [0.15, 0.2) is 71.9 Å². The van der Waals surface area contributed by atoms with E-state index in [4.69, 9.17) is 33.2 Å². The molecule has 0 aliphatic carbocycles. The lowest BCUT2D eigenvalue weighted by molar-refractivity contribution is 0.0633. The van der Waals surface area contributed by atoms with Gasteiger partial charge in [-0.3, -0.25) is 14.7 Å². The Bertz CT molecular complexity index is 1800. The van der Waals surface area contributed by atoms with Crippen molar-refractivity contribution in [2.75, 3.05) is 44.6 Å². The molecule has 46 heavy (non-hydrogen) atoms. The van der Waals surface area contributed by atoms with Crippen molar-refractivity contribution in [1.82, 2.24) is 25.1 Å². The molecule has 1 aromatic heterocycles. The molecule has 236 valence electrons. The zero-order chi connectivity index (χ0) is 31.6. The Balaban J connectivity index is 1.06. The number of carbonyl (C=O) groups excluding carboxylic acids is 1. The molecule has 2 fully saturated rings. The molecule has 0 spiro atoms. The maximum absolute atomic E-state index is 14.9. The van der Waals surface area contributed by atoms with Gasteiger partial charge in [-0.05, 0) is 74.8 Å². The third kappa shape index (κ3) is 6.51. The van der Waals surface area contributed by atoms with E-state index < -0.39 is 0 Å². The molecular weight excluding hydrogens is 624 g/mol. The van der Waals surface area contributed by atoms with Crippen LogP contribution >= 0.6 is 23.2 Å². The summed E-state index contributed by atoms with van der Waals surface area (Å²) >= 11 is 13.1. The average Bonchev–Trinajstić information content (AvgIpc) is 3.54. The number of hydrogen-bond donors (Lipinski definition) is 2. The minimum atomic E-state index is -0.361. The summed E-state index contributed by atoms with van der Waals surface area (Å²) in [4.78, 5) is 31.8. The average molecular weight is 659 g/mol. The molecule has 4 aromatic rings. The van der Waals surface area contributed by atoms with E-state index in [9.17, 15) is 9.18 Å². The van der Waals surface area contributed by atoms with Crippen molar-refractivity contribution in [1.29, 1.82) is 0 Å². The second-order valence-corrected chi connectivity index (χ2v) is 12.8. The Morgan fingerprint density at radius 1 is 1.00 bits per heavy atom. The van der Waals surface area contributed by atoms with Crippen LogP contribution in [0.1, 0.15) is 46.3 Å². The Morgan fingerprint density at radius 3 is 2.63 bits per heavy atom. The summed E-state index contributed by atoms with van der Waals surface area (Å²) in [5.41, 5.74) is 4.98. The zero-order valence-corrected chi connectivity index (χ0v) is 26.8. The van der Waals surface area contributed by atoms with E-state index in [1.165, 1.54) is 18.9 Å². The maximum Gasteiger partial charge on any atom is 0.255 e. The number of amides is 1. The highest BCUT2D eigenvalue weighted by Crippen LogP contribution is 2.34.